The van der Waals surface area contributed by atoms with Gasteiger partial charge < -0.3 is 5.32 Å². The highest BCUT2D eigenvalue weighted by Gasteiger charge is 2.17. The Morgan fingerprint density at radius 3 is 2.48 bits per heavy atom. The number of nitrogens with one attached hydrogen (secondary N) is 1. The van der Waals surface area contributed by atoms with Gasteiger partial charge >= 0.3 is 0 Å². The molecule has 7 heteroatoms. The summed E-state index contributed by atoms with van der Waals surface area (Å²) in [5.41, 5.74) is 3.16. The lowest BCUT2D eigenvalue weighted by Crippen LogP contribution is -2.20. The van der Waals surface area contributed by atoms with Gasteiger partial charge in [0, 0.05) is 30.7 Å². The third-order valence-electron chi connectivity index (χ3n) is 3.79. The van der Waals surface area contributed by atoms with E-state index in [0.29, 0.717) is 5.16 Å². The average molecular weight is 353 g/mol. The van der Waals surface area contributed by atoms with Crippen LogP contribution in [0, 0.1) is 0 Å². The molecule has 2 aromatic heterocycles. The van der Waals surface area contributed by atoms with Gasteiger partial charge in [0.1, 0.15) is 0 Å². The lowest BCUT2D eigenvalue weighted by molar-refractivity contribution is -0.118. The number of rotatable bonds is 6. The summed E-state index contributed by atoms with van der Waals surface area (Å²) >= 11 is 1.36. The summed E-state index contributed by atoms with van der Waals surface area (Å²) in [7, 11) is 1.62. The fourth-order valence-electron chi connectivity index (χ4n) is 2.37. The first-order chi connectivity index (χ1) is 12.2. The van der Waals surface area contributed by atoms with Crippen LogP contribution in [0.4, 0.5) is 0 Å². The molecule has 0 aliphatic carbocycles. The zero-order valence-corrected chi connectivity index (χ0v) is 15.0. The number of pyridine rings is 1. The number of thioether (sulfide) groups is 1. The van der Waals surface area contributed by atoms with Crippen LogP contribution in [-0.2, 0) is 11.2 Å². The largest absolute Gasteiger partial charge is 0.358 e. The molecule has 0 aliphatic heterocycles. The zero-order valence-electron chi connectivity index (χ0n) is 14.1. The maximum absolute atomic E-state index is 11.6. The van der Waals surface area contributed by atoms with Gasteiger partial charge in [0.15, 0.2) is 11.0 Å². The van der Waals surface area contributed by atoms with E-state index in [1.54, 1.807) is 19.4 Å². The van der Waals surface area contributed by atoms with Crippen LogP contribution in [-0.4, -0.2) is 38.5 Å². The summed E-state index contributed by atoms with van der Waals surface area (Å²) in [5.74, 6) is 0.968. The summed E-state index contributed by atoms with van der Waals surface area (Å²) in [6.45, 7) is 2.13. The standard InChI is InChI=1S/C18H19N5OS/c1-3-13-4-6-15(7-5-13)23-17(14-8-10-20-11-9-14)21-22-18(23)25-12-16(24)19-2/h4-11H,3,12H2,1-2H3,(H,19,24). The predicted molar refractivity (Wildman–Crippen MR) is 98.8 cm³/mol. The molecule has 2 heterocycles. The molecular weight excluding hydrogens is 334 g/mol. The number of carbonyl (C=O) groups is 1. The van der Waals surface area contributed by atoms with E-state index in [-0.39, 0.29) is 11.7 Å². The summed E-state index contributed by atoms with van der Waals surface area (Å²) in [4.78, 5) is 15.7. The first kappa shape index (κ1) is 17.2. The summed E-state index contributed by atoms with van der Waals surface area (Å²) in [5, 5.41) is 11.9. The number of aromatic nitrogens is 4. The fourth-order valence-corrected chi connectivity index (χ4v) is 3.19. The van der Waals surface area contributed by atoms with Gasteiger partial charge in [0.05, 0.1) is 5.75 Å². The lowest BCUT2D eigenvalue weighted by Gasteiger charge is -2.11. The Bertz CT molecular complexity index is 846. The molecule has 3 rings (SSSR count). The number of amides is 1. The Labute approximate surface area is 150 Å². The normalized spacial score (nSPS) is 10.6. The predicted octanol–water partition coefficient (Wildman–Crippen LogP) is 2.73. The minimum absolute atomic E-state index is 0.0497. The molecular formula is C18H19N5OS. The number of benzene rings is 1. The Kier molecular flexibility index (Phi) is 5.45. The molecule has 6 nitrogen and oxygen atoms in total. The monoisotopic (exact) mass is 353 g/mol. The van der Waals surface area contributed by atoms with Gasteiger partial charge in [-0.05, 0) is 36.2 Å². The SMILES string of the molecule is CCc1ccc(-n2c(SCC(=O)NC)nnc2-c2ccncc2)cc1. The number of nitrogens with zero attached hydrogens (tertiary/aromatic N) is 4. The summed E-state index contributed by atoms with van der Waals surface area (Å²) in [6.07, 6.45) is 4.44. The van der Waals surface area contributed by atoms with Crippen molar-refractivity contribution in [3.8, 4) is 17.1 Å². The van der Waals surface area contributed by atoms with Gasteiger partial charge in [-0.2, -0.15) is 0 Å². The molecule has 0 radical (unpaired) electrons. The van der Waals surface area contributed by atoms with Crippen molar-refractivity contribution in [2.45, 2.75) is 18.5 Å². The van der Waals surface area contributed by atoms with Gasteiger partial charge in [-0.25, -0.2) is 0 Å². The van der Waals surface area contributed by atoms with Crippen LogP contribution in [0.5, 0.6) is 0 Å². The summed E-state index contributed by atoms with van der Waals surface area (Å²) in [6, 6.07) is 12.1. The molecule has 0 aliphatic rings. The van der Waals surface area contributed by atoms with Crippen molar-refractivity contribution in [1.82, 2.24) is 25.1 Å². The van der Waals surface area contributed by atoms with Gasteiger partial charge in [0.25, 0.3) is 0 Å². The second-order valence-corrected chi connectivity index (χ2v) is 6.30. The van der Waals surface area contributed by atoms with Gasteiger partial charge in [0.2, 0.25) is 5.91 Å². The highest BCUT2D eigenvalue weighted by molar-refractivity contribution is 7.99. The smallest absolute Gasteiger partial charge is 0.230 e. The van der Waals surface area contributed by atoms with Crippen molar-refractivity contribution < 1.29 is 4.79 Å². The van der Waals surface area contributed by atoms with Crippen molar-refractivity contribution in [2.24, 2.45) is 0 Å². The zero-order chi connectivity index (χ0) is 17.6. The van der Waals surface area contributed by atoms with E-state index in [4.69, 9.17) is 0 Å². The molecule has 0 unspecified atom stereocenters. The molecule has 1 amide bonds. The van der Waals surface area contributed by atoms with Crippen LogP contribution in [0.2, 0.25) is 0 Å². The maximum atomic E-state index is 11.6. The van der Waals surface area contributed by atoms with E-state index < -0.39 is 0 Å². The van der Waals surface area contributed by atoms with Gasteiger partial charge in [-0.3, -0.25) is 14.3 Å². The topological polar surface area (TPSA) is 72.7 Å². The van der Waals surface area contributed by atoms with Crippen LogP contribution >= 0.6 is 11.8 Å². The first-order valence-electron chi connectivity index (χ1n) is 8.01. The second kappa shape index (κ2) is 7.94. The average Bonchev–Trinajstić information content (AvgIpc) is 3.10. The Morgan fingerprint density at radius 2 is 1.84 bits per heavy atom. The minimum Gasteiger partial charge on any atom is -0.358 e. The Balaban J connectivity index is 2.04. The van der Waals surface area contributed by atoms with Crippen LogP contribution in [0.15, 0.2) is 53.9 Å². The molecule has 3 aromatic rings. The van der Waals surface area contributed by atoms with E-state index in [0.717, 1.165) is 23.5 Å². The molecule has 0 atom stereocenters. The van der Waals surface area contributed by atoms with E-state index in [1.165, 1.54) is 17.3 Å². The van der Waals surface area contributed by atoms with Crippen LogP contribution in [0.25, 0.3) is 17.1 Å². The van der Waals surface area contributed by atoms with Crippen molar-refractivity contribution >= 4 is 17.7 Å². The van der Waals surface area contributed by atoms with Gasteiger partial charge in [-0.15, -0.1) is 10.2 Å². The molecule has 1 N–H and O–H groups in total. The van der Waals surface area contributed by atoms with E-state index in [9.17, 15) is 4.79 Å². The second-order valence-electron chi connectivity index (χ2n) is 5.36. The number of carbonyl (C=O) groups excluding carboxylic acids is 1. The van der Waals surface area contributed by atoms with E-state index in [1.807, 2.05) is 16.7 Å². The van der Waals surface area contributed by atoms with Crippen LogP contribution in [0.3, 0.4) is 0 Å². The highest BCUT2D eigenvalue weighted by atomic mass is 32.2. The van der Waals surface area contributed by atoms with Gasteiger partial charge in [-0.1, -0.05) is 30.8 Å². The van der Waals surface area contributed by atoms with E-state index in [2.05, 4.69) is 51.7 Å². The van der Waals surface area contributed by atoms with Crippen molar-refractivity contribution in [2.75, 3.05) is 12.8 Å². The van der Waals surface area contributed by atoms with Crippen LogP contribution < -0.4 is 5.32 Å². The van der Waals surface area contributed by atoms with Crippen molar-refractivity contribution in [3.05, 3.63) is 54.4 Å². The molecule has 0 saturated carbocycles. The molecule has 0 bridgehead atoms. The molecule has 25 heavy (non-hydrogen) atoms. The lowest BCUT2D eigenvalue weighted by atomic mass is 10.1. The van der Waals surface area contributed by atoms with E-state index >= 15 is 0 Å². The summed E-state index contributed by atoms with van der Waals surface area (Å²) < 4.78 is 1.97. The molecule has 128 valence electrons. The fraction of sp³-hybridized carbons (Fsp3) is 0.222. The molecule has 0 spiro atoms. The third kappa shape index (κ3) is 3.88. The highest BCUT2D eigenvalue weighted by Crippen LogP contribution is 2.27. The molecule has 0 saturated heterocycles. The molecule has 0 fully saturated rings. The van der Waals surface area contributed by atoms with Crippen molar-refractivity contribution in [1.29, 1.82) is 0 Å². The van der Waals surface area contributed by atoms with Crippen molar-refractivity contribution in [3.63, 3.8) is 0 Å². The number of hydrogen-bond acceptors (Lipinski definition) is 5. The Hall–Kier alpha value is -2.67. The van der Waals surface area contributed by atoms with Crippen LogP contribution in [0.1, 0.15) is 12.5 Å². The molecule has 1 aromatic carbocycles. The number of aryl methyl sites for hydroxylation is 1. The maximum Gasteiger partial charge on any atom is 0.230 e. The first-order valence-corrected chi connectivity index (χ1v) is 9.00. The third-order valence-corrected chi connectivity index (χ3v) is 4.71. The minimum atomic E-state index is -0.0497. The number of hydrogen-bond donors (Lipinski definition) is 1. The quantitative estimate of drug-likeness (QED) is 0.690. The Morgan fingerprint density at radius 1 is 1.12 bits per heavy atom.